The summed E-state index contributed by atoms with van der Waals surface area (Å²) in [6, 6.07) is 1.99. The molecule has 0 radical (unpaired) electrons. The zero-order valence-electron chi connectivity index (χ0n) is 13.4. The standard InChI is InChI=1S/C16H20N2O3S/c1-6-7-12-8-13-14(9(2)3)17-18(10(4)21-11(5)19)16(20)15(13)22-12/h6-10H,1-5H3/b7-6+. The molecular weight excluding hydrogens is 300 g/mol. The highest BCUT2D eigenvalue weighted by molar-refractivity contribution is 7.19. The first-order valence-corrected chi connectivity index (χ1v) is 8.03. The zero-order valence-corrected chi connectivity index (χ0v) is 14.2. The van der Waals surface area contributed by atoms with Gasteiger partial charge in [0.15, 0.2) is 6.23 Å². The average molecular weight is 320 g/mol. The van der Waals surface area contributed by atoms with Gasteiger partial charge in [-0.25, -0.2) is 0 Å². The third-order valence-corrected chi connectivity index (χ3v) is 4.29. The molecule has 2 aromatic rings. The minimum atomic E-state index is -0.723. The molecule has 2 aromatic heterocycles. The highest BCUT2D eigenvalue weighted by Gasteiger charge is 2.19. The minimum Gasteiger partial charge on any atom is -0.440 e. The molecular formula is C16H20N2O3S. The van der Waals surface area contributed by atoms with Crippen molar-refractivity contribution >= 4 is 33.5 Å². The first kappa shape index (κ1) is 16.4. The Hall–Kier alpha value is -1.95. The summed E-state index contributed by atoms with van der Waals surface area (Å²) in [4.78, 5) is 24.8. The Kier molecular flexibility index (Phi) is 4.81. The minimum absolute atomic E-state index is 0.159. The molecule has 22 heavy (non-hydrogen) atoms. The molecule has 6 heteroatoms. The summed E-state index contributed by atoms with van der Waals surface area (Å²) in [6.07, 6.45) is 3.18. The molecule has 2 heterocycles. The monoisotopic (exact) mass is 320 g/mol. The highest BCUT2D eigenvalue weighted by Crippen LogP contribution is 2.29. The van der Waals surface area contributed by atoms with E-state index in [0.29, 0.717) is 4.70 Å². The average Bonchev–Trinajstić information content (AvgIpc) is 2.82. The van der Waals surface area contributed by atoms with Crippen LogP contribution >= 0.6 is 11.3 Å². The molecule has 118 valence electrons. The molecule has 1 atom stereocenters. The van der Waals surface area contributed by atoms with Crippen molar-refractivity contribution in [2.24, 2.45) is 0 Å². The topological polar surface area (TPSA) is 61.2 Å². The lowest BCUT2D eigenvalue weighted by Gasteiger charge is -2.16. The van der Waals surface area contributed by atoms with Gasteiger partial charge in [-0.15, -0.1) is 11.3 Å². The van der Waals surface area contributed by atoms with Crippen LogP contribution in [-0.4, -0.2) is 15.7 Å². The Morgan fingerprint density at radius 1 is 1.41 bits per heavy atom. The van der Waals surface area contributed by atoms with Crippen LogP contribution in [0.3, 0.4) is 0 Å². The van der Waals surface area contributed by atoms with Crippen LogP contribution < -0.4 is 5.56 Å². The number of esters is 1. The van der Waals surface area contributed by atoms with Gasteiger partial charge in [-0.3, -0.25) is 9.59 Å². The summed E-state index contributed by atoms with van der Waals surface area (Å²) < 4.78 is 7.01. The van der Waals surface area contributed by atoms with Crippen LogP contribution in [0.5, 0.6) is 0 Å². The fourth-order valence-corrected chi connectivity index (χ4v) is 3.36. The molecule has 1 unspecified atom stereocenters. The summed E-state index contributed by atoms with van der Waals surface area (Å²) in [7, 11) is 0. The molecule has 0 N–H and O–H groups in total. The molecule has 0 spiro atoms. The SMILES string of the molecule is C/C=C/c1cc2c(C(C)C)nn(C(C)OC(C)=O)c(=O)c2s1. The Morgan fingerprint density at radius 3 is 2.64 bits per heavy atom. The van der Waals surface area contributed by atoms with E-state index in [1.165, 1.54) is 22.9 Å². The number of carbonyl (C=O) groups is 1. The maximum atomic E-state index is 12.6. The molecule has 0 aliphatic heterocycles. The van der Waals surface area contributed by atoms with E-state index in [9.17, 15) is 9.59 Å². The number of nitrogens with zero attached hydrogens (tertiary/aromatic N) is 2. The number of aromatic nitrogens is 2. The predicted octanol–water partition coefficient (Wildman–Crippen LogP) is 3.70. The van der Waals surface area contributed by atoms with Crippen LogP contribution in [0.2, 0.25) is 0 Å². The second-order valence-electron chi connectivity index (χ2n) is 5.39. The van der Waals surface area contributed by atoms with Gasteiger partial charge in [-0.1, -0.05) is 19.9 Å². The Morgan fingerprint density at radius 2 is 2.09 bits per heavy atom. The van der Waals surface area contributed by atoms with Gasteiger partial charge in [0.2, 0.25) is 0 Å². The van der Waals surface area contributed by atoms with Crippen molar-refractivity contribution in [2.75, 3.05) is 0 Å². The number of carbonyl (C=O) groups excluding carboxylic acids is 1. The number of rotatable bonds is 4. The van der Waals surface area contributed by atoms with E-state index in [-0.39, 0.29) is 11.5 Å². The van der Waals surface area contributed by atoms with Crippen LogP contribution in [0.25, 0.3) is 16.2 Å². The Balaban J connectivity index is 2.71. The number of hydrogen-bond donors (Lipinski definition) is 0. The van der Waals surface area contributed by atoms with Gasteiger partial charge in [0, 0.05) is 17.2 Å². The smallest absolute Gasteiger partial charge is 0.304 e. The van der Waals surface area contributed by atoms with Crippen molar-refractivity contribution in [3.8, 4) is 0 Å². The predicted molar refractivity (Wildman–Crippen MR) is 89.2 cm³/mol. The van der Waals surface area contributed by atoms with Crippen molar-refractivity contribution in [3.05, 3.63) is 33.1 Å². The van der Waals surface area contributed by atoms with E-state index in [0.717, 1.165) is 16.0 Å². The number of thiophene rings is 1. The van der Waals surface area contributed by atoms with Crippen molar-refractivity contribution in [2.45, 2.75) is 46.8 Å². The Labute approximate surface area is 133 Å². The zero-order chi connectivity index (χ0) is 16.4. The van der Waals surface area contributed by atoms with Crippen LogP contribution in [-0.2, 0) is 9.53 Å². The Bertz CT molecular complexity index is 787. The lowest BCUT2D eigenvalue weighted by atomic mass is 10.1. The second-order valence-corrected chi connectivity index (χ2v) is 6.47. The number of ether oxygens (including phenoxy) is 1. The van der Waals surface area contributed by atoms with E-state index < -0.39 is 12.2 Å². The fraction of sp³-hybridized carbons (Fsp3) is 0.438. The highest BCUT2D eigenvalue weighted by atomic mass is 32.1. The van der Waals surface area contributed by atoms with Crippen LogP contribution in [0.1, 0.15) is 57.3 Å². The first-order chi connectivity index (χ1) is 10.3. The van der Waals surface area contributed by atoms with Crippen molar-refractivity contribution in [1.29, 1.82) is 0 Å². The summed E-state index contributed by atoms with van der Waals surface area (Å²) in [5.41, 5.74) is 0.606. The number of fused-ring (bicyclic) bond motifs is 1. The van der Waals surface area contributed by atoms with Crippen molar-refractivity contribution in [3.63, 3.8) is 0 Å². The van der Waals surface area contributed by atoms with Crippen LogP contribution in [0.15, 0.2) is 16.9 Å². The summed E-state index contributed by atoms with van der Waals surface area (Å²) in [6.45, 7) is 8.96. The normalized spacial score (nSPS) is 13.2. The lowest BCUT2D eigenvalue weighted by Crippen LogP contribution is -2.29. The first-order valence-electron chi connectivity index (χ1n) is 7.21. The largest absolute Gasteiger partial charge is 0.440 e. The third-order valence-electron chi connectivity index (χ3n) is 3.20. The lowest BCUT2D eigenvalue weighted by molar-refractivity contribution is -0.150. The van der Waals surface area contributed by atoms with Gasteiger partial charge in [0.25, 0.3) is 5.56 Å². The van der Waals surface area contributed by atoms with E-state index in [2.05, 4.69) is 5.10 Å². The molecule has 0 amide bonds. The molecule has 2 rings (SSSR count). The maximum Gasteiger partial charge on any atom is 0.304 e. The van der Waals surface area contributed by atoms with Gasteiger partial charge in [-0.2, -0.15) is 9.78 Å². The maximum absolute atomic E-state index is 12.6. The molecule has 0 aliphatic carbocycles. The van der Waals surface area contributed by atoms with E-state index in [1.54, 1.807) is 6.92 Å². The van der Waals surface area contributed by atoms with Gasteiger partial charge >= 0.3 is 5.97 Å². The number of hydrogen-bond acceptors (Lipinski definition) is 5. The van der Waals surface area contributed by atoms with E-state index >= 15 is 0 Å². The second kappa shape index (κ2) is 6.44. The van der Waals surface area contributed by atoms with Crippen LogP contribution in [0.4, 0.5) is 0 Å². The summed E-state index contributed by atoms with van der Waals surface area (Å²) in [5, 5.41) is 5.31. The molecule has 0 fully saturated rings. The molecule has 0 aromatic carbocycles. The quantitative estimate of drug-likeness (QED) is 0.806. The molecule has 0 aliphatic rings. The van der Waals surface area contributed by atoms with Gasteiger partial charge in [0.05, 0.1) is 5.69 Å². The summed E-state index contributed by atoms with van der Waals surface area (Å²) >= 11 is 1.43. The molecule has 0 saturated carbocycles. The molecule has 0 saturated heterocycles. The van der Waals surface area contributed by atoms with E-state index in [4.69, 9.17) is 4.74 Å². The number of allylic oxidation sites excluding steroid dienone is 1. The molecule has 0 bridgehead atoms. The third kappa shape index (κ3) is 3.11. The van der Waals surface area contributed by atoms with Gasteiger partial charge in [-0.05, 0) is 31.9 Å². The van der Waals surface area contributed by atoms with Crippen LogP contribution in [0, 0.1) is 0 Å². The summed E-state index contributed by atoms with van der Waals surface area (Å²) in [5.74, 6) is -0.278. The fourth-order valence-electron chi connectivity index (χ4n) is 2.29. The van der Waals surface area contributed by atoms with Crippen molar-refractivity contribution < 1.29 is 9.53 Å². The van der Waals surface area contributed by atoms with Gasteiger partial charge in [0.1, 0.15) is 4.70 Å². The molecule has 5 nitrogen and oxygen atoms in total. The van der Waals surface area contributed by atoms with Crippen molar-refractivity contribution in [1.82, 2.24) is 9.78 Å². The van der Waals surface area contributed by atoms with E-state index in [1.807, 2.05) is 39.0 Å². The van der Waals surface area contributed by atoms with Gasteiger partial charge < -0.3 is 4.74 Å².